The number of hydrogen-bond acceptors (Lipinski definition) is 4. The standard InChI is InChI=1S/C11H17NO4S2/c1-3-9(2)12(7-6-10(13)14)18(15,16)11-5-4-8-17-11/h4-5,8-9H,3,6-7H2,1-2H3,(H,13,14). The number of carbonyl (C=O) groups is 1. The summed E-state index contributed by atoms with van der Waals surface area (Å²) in [6.07, 6.45) is 0.458. The lowest BCUT2D eigenvalue weighted by Gasteiger charge is -2.26. The summed E-state index contributed by atoms with van der Waals surface area (Å²) in [6, 6.07) is 3.00. The van der Waals surface area contributed by atoms with Gasteiger partial charge in [0.15, 0.2) is 0 Å². The molecule has 1 heterocycles. The zero-order valence-corrected chi connectivity index (χ0v) is 12.0. The molecular weight excluding hydrogens is 274 g/mol. The van der Waals surface area contributed by atoms with Crippen molar-refractivity contribution in [3.05, 3.63) is 17.5 Å². The molecule has 0 bridgehead atoms. The molecule has 0 spiro atoms. The molecule has 1 rings (SSSR count). The second kappa shape index (κ2) is 6.31. The Labute approximate surface area is 111 Å². The molecule has 1 N–H and O–H groups in total. The summed E-state index contributed by atoms with van der Waals surface area (Å²) in [4.78, 5) is 10.6. The summed E-state index contributed by atoms with van der Waals surface area (Å²) in [6.45, 7) is 3.67. The second-order valence-electron chi connectivity index (χ2n) is 3.95. The van der Waals surface area contributed by atoms with E-state index in [1.54, 1.807) is 18.4 Å². The average molecular weight is 291 g/mol. The van der Waals surface area contributed by atoms with E-state index in [1.807, 2.05) is 6.92 Å². The molecule has 18 heavy (non-hydrogen) atoms. The van der Waals surface area contributed by atoms with Crippen molar-refractivity contribution >= 4 is 27.3 Å². The van der Waals surface area contributed by atoms with Gasteiger partial charge in [0.1, 0.15) is 4.21 Å². The Morgan fingerprint density at radius 2 is 2.22 bits per heavy atom. The van der Waals surface area contributed by atoms with Crippen molar-refractivity contribution in [1.29, 1.82) is 0 Å². The molecule has 1 unspecified atom stereocenters. The van der Waals surface area contributed by atoms with Crippen molar-refractivity contribution in [3.8, 4) is 0 Å². The van der Waals surface area contributed by atoms with Gasteiger partial charge < -0.3 is 5.11 Å². The first-order valence-electron chi connectivity index (χ1n) is 5.66. The zero-order valence-electron chi connectivity index (χ0n) is 10.4. The number of hydrogen-bond donors (Lipinski definition) is 1. The molecular formula is C11H17NO4S2. The van der Waals surface area contributed by atoms with E-state index in [0.29, 0.717) is 6.42 Å². The van der Waals surface area contributed by atoms with Crippen LogP contribution in [0.4, 0.5) is 0 Å². The number of sulfonamides is 1. The maximum absolute atomic E-state index is 12.3. The predicted octanol–water partition coefficient (Wildman–Crippen LogP) is 2.01. The molecule has 1 aromatic rings. The molecule has 0 fully saturated rings. The van der Waals surface area contributed by atoms with Crippen LogP contribution in [0.5, 0.6) is 0 Å². The van der Waals surface area contributed by atoms with E-state index in [4.69, 9.17) is 5.11 Å². The van der Waals surface area contributed by atoms with Gasteiger partial charge in [0.2, 0.25) is 0 Å². The van der Waals surface area contributed by atoms with Crippen molar-refractivity contribution in [2.45, 2.75) is 36.9 Å². The first-order chi connectivity index (χ1) is 8.39. The van der Waals surface area contributed by atoms with Gasteiger partial charge in [0.05, 0.1) is 6.42 Å². The van der Waals surface area contributed by atoms with Gasteiger partial charge in [-0.05, 0) is 24.8 Å². The van der Waals surface area contributed by atoms with E-state index in [0.717, 1.165) is 11.3 Å². The molecule has 5 nitrogen and oxygen atoms in total. The van der Waals surface area contributed by atoms with Crippen LogP contribution in [0.15, 0.2) is 21.7 Å². The van der Waals surface area contributed by atoms with Gasteiger partial charge in [-0.1, -0.05) is 13.0 Å². The quantitative estimate of drug-likeness (QED) is 0.834. The van der Waals surface area contributed by atoms with Crippen molar-refractivity contribution in [2.75, 3.05) is 6.54 Å². The fourth-order valence-corrected chi connectivity index (χ4v) is 4.34. The van der Waals surface area contributed by atoms with Gasteiger partial charge in [-0.25, -0.2) is 8.42 Å². The maximum Gasteiger partial charge on any atom is 0.304 e. The molecule has 0 amide bonds. The lowest BCUT2D eigenvalue weighted by Crippen LogP contribution is -2.39. The number of carboxylic acids is 1. The number of rotatable bonds is 7. The number of nitrogens with zero attached hydrogens (tertiary/aromatic N) is 1. The molecule has 102 valence electrons. The summed E-state index contributed by atoms with van der Waals surface area (Å²) in [5.41, 5.74) is 0. The SMILES string of the molecule is CCC(C)N(CCC(=O)O)S(=O)(=O)c1cccs1. The highest BCUT2D eigenvalue weighted by Gasteiger charge is 2.29. The van der Waals surface area contributed by atoms with Crippen LogP contribution in [0.3, 0.4) is 0 Å². The van der Waals surface area contributed by atoms with Crippen LogP contribution in [0.1, 0.15) is 26.7 Å². The summed E-state index contributed by atoms with van der Waals surface area (Å²) < 4.78 is 26.2. The Hall–Kier alpha value is -0.920. The van der Waals surface area contributed by atoms with Crippen molar-refractivity contribution in [1.82, 2.24) is 4.31 Å². The Balaban J connectivity index is 2.99. The fraction of sp³-hybridized carbons (Fsp3) is 0.545. The highest BCUT2D eigenvalue weighted by Crippen LogP contribution is 2.23. The van der Waals surface area contributed by atoms with E-state index in [9.17, 15) is 13.2 Å². The van der Waals surface area contributed by atoms with Crippen LogP contribution < -0.4 is 0 Å². The fourth-order valence-electron chi connectivity index (χ4n) is 1.51. The molecule has 1 atom stereocenters. The van der Waals surface area contributed by atoms with Crippen LogP contribution in [0.25, 0.3) is 0 Å². The Morgan fingerprint density at radius 1 is 1.56 bits per heavy atom. The zero-order chi connectivity index (χ0) is 13.8. The molecule has 0 aliphatic rings. The molecule has 7 heteroatoms. The van der Waals surface area contributed by atoms with Crippen LogP contribution in [-0.2, 0) is 14.8 Å². The molecule has 0 aliphatic heterocycles. The average Bonchev–Trinajstić information content (AvgIpc) is 2.82. The maximum atomic E-state index is 12.3. The number of aliphatic carboxylic acids is 1. The highest BCUT2D eigenvalue weighted by molar-refractivity contribution is 7.91. The first kappa shape index (κ1) is 15.1. The normalized spacial score (nSPS) is 13.7. The molecule has 0 radical (unpaired) electrons. The lowest BCUT2D eigenvalue weighted by molar-refractivity contribution is -0.137. The summed E-state index contributed by atoms with van der Waals surface area (Å²) in [7, 11) is -3.58. The molecule has 1 aromatic heterocycles. The molecule has 0 aliphatic carbocycles. The summed E-state index contributed by atoms with van der Waals surface area (Å²) in [5, 5.41) is 10.4. The largest absolute Gasteiger partial charge is 0.481 e. The number of carboxylic acid groups (broad SMARTS) is 1. The van der Waals surface area contributed by atoms with Gasteiger partial charge in [-0.3, -0.25) is 4.79 Å². The third-order valence-corrected chi connectivity index (χ3v) is 6.07. The summed E-state index contributed by atoms with van der Waals surface area (Å²) in [5.74, 6) is -0.996. The van der Waals surface area contributed by atoms with Crippen molar-refractivity contribution < 1.29 is 18.3 Å². The molecule has 0 saturated heterocycles. The van der Waals surface area contributed by atoms with Crippen LogP contribution in [-0.4, -0.2) is 36.4 Å². The first-order valence-corrected chi connectivity index (χ1v) is 7.98. The van der Waals surface area contributed by atoms with Gasteiger partial charge >= 0.3 is 5.97 Å². The van der Waals surface area contributed by atoms with E-state index >= 15 is 0 Å². The van der Waals surface area contributed by atoms with E-state index in [1.165, 1.54) is 10.4 Å². The van der Waals surface area contributed by atoms with Gasteiger partial charge in [-0.2, -0.15) is 4.31 Å². The van der Waals surface area contributed by atoms with E-state index in [-0.39, 0.29) is 23.2 Å². The predicted molar refractivity (Wildman–Crippen MR) is 70.2 cm³/mol. The third kappa shape index (κ3) is 3.54. The van der Waals surface area contributed by atoms with E-state index < -0.39 is 16.0 Å². The minimum atomic E-state index is -3.58. The smallest absolute Gasteiger partial charge is 0.304 e. The Kier molecular flexibility index (Phi) is 5.30. The van der Waals surface area contributed by atoms with Crippen LogP contribution >= 0.6 is 11.3 Å². The van der Waals surface area contributed by atoms with E-state index in [2.05, 4.69) is 0 Å². The molecule has 0 aromatic carbocycles. The molecule has 0 saturated carbocycles. The van der Waals surface area contributed by atoms with Gasteiger partial charge in [-0.15, -0.1) is 11.3 Å². The van der Waals surface area contributed by atoms with Crippen LogP contribution in [0.2, 0.25) is 0 Å². The van der Waals surface area contributed by atoms with Gasteiger partial charge in [0.25, 0.3) is 10.0 Å². The minimum absolute atomic E-state index is 0.00454. The van der Waals surface area contributed by atoms with Crippen LogP contribution in [0, 0.1) is 0 Å². The second-order valence-corrected chi connectivity index (χ2v) is 7.01. The Bertz CT molecular complexity index is 481. The lowest BCUT2D eigenvalue weighted by atomic mass is 10.2. The number of thiophene rings is 1. The third-order valence-electron chi connectivity index (χ3n) is 2.69. The van der Waals surface area contributed by atoms with Crippen molar-refractivity contribution in [2.24, 2.45) is 0 Å². The Morgan fingerprint density at radius 3 is 2.67 bits per heavy atom. The monoisotopic (exact) mass is 291 g/mol. The topological polar surface area (TPSA) is 74.7 Å². The summed E-state index contributed by atoms with van der Waals surface area (Å²) >= 11 is 1.14. The minimum Gasteiger partial charge on any atom is -0.481 e. The highest BCUT2D eigenvalue weighted by atomic mass is 32.2. The van der Waals surface area contributed by atoms with Gasteiger partial charge in [0, 0.05) is 12.6 Å². The van der Waals surface area contributed by atoms with Crippen molar-refractivity contribution in [3.63, 3.8) is 0 Å².